The van der Waals surface area contributed by atoms with E-state index in [9.17, 15) is 4.79 Å². The zero-order chi connectivity index (χ0) is 12.7. The van der Waals surface area contributed by atoms with Crippen LogP contribution in [0, 0.1) is 0 Å². The van der Waals surface area contributed by atoms with Gasteiger partial charge in [0.1, 0.15) is 0 Å². The predicted molar refractivity (Wildman–Crippen MR) is 68.5 cm³/mol. The Bertz CT molecular complexity index is 360. The van der Waals surface area contributed by atoms with E-state index in [2.05, 4.69) is 0 Å². The highest BCUT2D eigenvalue weighted by Gasteiger charge is 2.13. The average molecular weight is 236 g/mol. The average Bonchev–Trinajstić information content (AvgIpc) is 2.32. The molecule has 1 aromatic rings. The molecule has 0 saturated heterocycles. The third-order valence-corrected chi connectivity index (χ3v) is 2.61. The summed E-state index contributed by atoms with van der Waals surface area (Å²) in [4.78, 5) is 13.7. The van der Waals surface area contributed by atoms with Gasteiger partial charge in [-0.1, -0.05) is 25.1 Å². The van der Waals surface area contributed by atoms with Gasteiger partial charge in [-0.3, -0.25) is 4.79 Å². The van der Waals surface area contributed by atoms with Gasteiger partial charge in [0.15, 0.2) is 0 Å². The van der Waals surface area contributed by atoms with Gasteiger partial charge in [-0.2, -0.15) is 0 Å². The Morgan fingerprint density at radius 1 is 1.35 bits per heavy atom. The van der Waals surface area contributed by atoms with E-state index in [1.165, 1.54) is 0 Å². The molecule has 0 spiro atoms. The number of nitrogen functional groups attached to an aromatic ring is 1. The van der Waals surface area contributed by atoms with Crippen LogP contribution in [-0.2, 0) is 11.2 Å². The molecule has 1 rings (SSSR count). The molecule has 0 aromatic heterocycles. The lowest BCUT2D eigenvalue weighted by molar-refractivity contribution is -0.131. The number of benzene rings is 1. The fraction of sp³-hybridized carbons (Fsp3) is 0.462. The van der Waals surface area contributed by atoms with Crippen molar-refractivity contribution in [3.8, 4) is 0 Å². The number of aliphatic hydroxyl groups excluding tert-OH is 1. The third-order valence-electron chi connectivity index (χ3n) is 2.61. The molecule has 0 saturated carbocycles. The fourth-order valence-corrected chi connectivity index (χ4v) is 1.72. The molecule has 94 valence electrons. The summed E-state index contributed by atoms with van der Waals surface area (Å²) in [5.74, 6) is 0.0128. The van der Waals surface area contributed by atoms with Crippen molar-refractivity contribution in [2.24, 2.45) is 0 Å². The van der Waals surface area contributed by atoms with Gasteiger partial charge in [-0.25, -0.2) is 0 Å². The van der Waals surface area contributed by atoms with Crippen LogP contribution in [-0.4, -0.2) is 35.6 Å². The maximum atomic E-state index is 12.0. The van der Waals surface area contributed by atoms with Gasteiger partial charge in [0, 0.05) is 18.8 Å². The Kier molecular flexibility index (Phi) is 5.49. The topological polar surface area (TPSA) is 66.6 Å². The number of hydrogen-bond donors (Lipinski definition) is 2. The second-order valence-corrected chi connectivity index (χ2v) is 3.98. The highest BCUT2D eigenvalue weighted by molar-refractivity contribution is 5.80. The number of para-hydroxylation sites is 1. The summed E-state index contributed by atoms with van der Waals surface area (Å²) in [7, 11) is 0. The molecule has 0 aliphatic heterocycles. The van der Waals surface area contributed by atoms with Crippen LogP contribution < -0.4 is 5.73 Å². The number of aliphatic hydroxyl groups is 1. The Balaban J connectivity index is 2.66. The highest BCUT2D eigenvalue weighted by Crippen LogP contribution is 2.12. The molecule has 0 unspecified atom stereocenters. The van der Waals surface area contributed by atoms with E-state index >= 15 is 0 Å². The first kappa shape index (κ1) is 13.5. The van der Waals surface area contributed by atoms with Crippen LogP contribution in [0.3, 0.4) is 0 Å². The van der Waals surface area contributed by atoms with Crippen molar-refractivity contribution in [2.75, 3.05) is 25.4 Å². The van der Waals surface area contributed by atoms with Crippen molar-refractivity contribution < 1.29 is 9.90 Å². The Hall–Kier alpha value is -1.55. The van der Waals surface area contributed by atoms with E-state index in [4.69, 9.17) is 10.8 Å². The minimum atomic E-state index is -0.00396. The van der Waals surface area contributed by atoms with Gasteiger partial charge in [0.2, 0.25) is 5.91 Å². The van der Waals surface area contributed by atoms with Crippen molar-refractivity contribution in [3.05, 3.63) is 29.8 Å². The molecule has 1 aromatic carbocycles. The Morgan fingerprint density at radius 3 is 2.65 bits per heavy atom. The van der Waals surface area contributed by atoms with E-state index in [0.29, 0.717) is 25.2 Å². The van der Waals surface area contributed by atoms with Gasteiger partial charge in [-0.05, 0) is 18.1 Å². The summed E-state index contributed by atoms with van der Waals surface area (Å²) in [6, 6.07) is 7.37. The molecule has 17 heavy (non-hydrogen) atoms. The third kappa shape index (κ3) is 4.07. The summed E-state index contributed by atoms with van der Waals surface area (Å²) >= 11 is 0. The number of nitrogens with two attached hydrogens (primary N) is 1. The largest absolute Gasteiger partial charge is 0.398 e. The maximum absolute atomic E-state index is 12.0. The first-order valence-electron chi connectivity index (χ1n) is 5.91. The van der Waals surface area contributed by atoms with Crippen molar-refractivity contribution in [3.63, 3.8) is 0 Å². The van der Waals surface area contributed by atoms with E-state index in [-0.39, 0.29) is 12.5 Å². The lowest BCUT2D eigenvalue weighted by atomic mass is 10.1. The molecule has 4 nitrogen and oxygen atoms in total. The lowest BCUT2D eigenvalue weighted by Crippen LogP contribution is -2.35. The van der Waals surface area contributed by atoms with Crippen molar-refractivity contribution in [2.45, 2.75) is 19.8 Å². The summed E-state index contributed by atoms with van der Waals surface area (Å²) in [5, 5.41) is 8.91. The van der Waals surface area contributed by atoms with Gasteiger partial charge >= 0.3 is 0 Å². The molecular weight excluding hydrogens is 216 g/mol. The molecule has 0 aliphatic carbocycles. The first-order chi connectivity index (χ1) is 8.19. The second-order valence-electron chi connectivity index (χ2n) is 3.98. The van der Waals surface area contributed by atoms with Crippen molar-refractivity contribution in [1.82, 2.24) is 4.90 Å². The van der Waals surface area contributed by atoms with Gasteiger partial charge < -0.3 is 15.7 Å². The predicted octanol–water partition coefficient (Wildman–Crippen LogP) is 1.04. The van der Waals surface area contributed by atoms with Crippen LogP contribution in [0.15, 0.2) is 24.3 Å². The normalized spacial score (nSPS) is 10.2. The van der Waals surface area contributed by atoms with Gasteiger partial charge in [-0.15, -0.1) is 0 Å². The summed E-state index contributed by atoms with van der Waals surface area (Å²) in [5.41, 5.74) is 7.28. The van der Waals surface area contributed by atoms with Crippen LogP contribution >= 0.6 is 0 Å². The highest BCUT2D eigenvalue weighted by atomic mass is 16.3. The fourth-order valence-electron chi connectivity index (χ4n) is 1.72. The molecule has 0 aliphatic rings. The number of nitrogens with zero attached hydrogens (tertiary/aromatic N) is 1. The monoisotopic (exact) mass is 236 g/mol. The summed E-state index contributed by atoms with van der Waals surface area (Å²) in [6.07, 6.45) is 1.18. The number of rotatable bonds is 6. The summed E-state index contributed by atoms with van der Waals surface area (Å²) < 4.78 is 0. The molecular formula is C13H20N2O2. The maximum Gasteiger partial charge on any atom is 0.227 e. The minimum absolute atomic E-state index is 0.00396. The van der Waals surface area contributed by atoms with E-state index in [0.717, 1.165) is 12.0 Å². The number of hydrogen-bond acceptors (Lipinski definition) is 3. The molecule has 0 heterocycles. The summed E-state index contributed by atoms with van der Waals surface area (Å²) in [6.45, 7) is 3.07. The van der Waals surface area contributed by atoms with Crippen LogP contribution in [0.5, 0.6) is 0 Å². The van der Waals surface area contributed by atoms with Crippen LogP contribution in [0.2, 0.25) is 0 Å². The number of amides is 1. The number of anilines is 1. The SMILES string of the molecule is CCCN(CCO)C(=O)Cc1ccccc1N. The Labute approximate surface area is 102 Å². The van der Waals surface area contributed by atoms with E-state index in [1.807, 2.05) is 25.1 Å². The van der Waals surface area contributed by atoms with Crippen LogP contribution in [0.1, 0.15) is 18.9 Å². The smallest absolute Gasteiger partial charge is 0.227 e. The first-order valence-corrected chi connectivity index (χ1v) is 5.91. The quantitative estimate of drug-likeness (QED) is 0.725. The minimum Gasteiger partial charge on any atom is -0.398 e. The van der Waals surface area contributed by atoms with Crippen LogP contribution in [0.25, 0.3) is 0 Å². The van der Waals surface area contributed by atoms with E-state index < -0.39 is 0 Å². The molecule has 0 fully saturated rings. The van der Waals surface area contributed by atoms with Gasteiger partial charge in [0.25, 0.3) is 0 Å². The lowest BCUT2D eigenvalue weighted by Gasteiger charge is -2.21. The molecule has 1 amide bonds. The molecule has 0 radical (unpaired) electrons. The molecule has 0 bridgehead atoms. The standard InChI is InChI=1S/C13H20N2O2/c1-2-7-15(8-9-16)13(17)10-11-5-3-4-6-12(11)14/h3-6,16H,2,7-10,14H2,1H3. The van der Waals surface area contributed by atoms with E-state index in [1.54, 1.807) is 11.0 Å². The molecule has 0 atom stereocenters. The van der Waals surface area contributed by atoms with Crippen LogP contribution in [0.4, 0.5) is 5.69 Å². The molecule has 3 N–H and O–H groups in total. The Morgan fingerprint density at radius 2 is 2.06 bits per heavy atom. The number of carbonyl (C=O) groups excluding carboxylic acids is 1. The van der Waals surface area contributed by atoms with Gasteiger partial charge in [0.05, 0.1) is 13.0 Å². The van der Waals surface area contributed by atoms with Crippen molar-refractivity contribution >= 4 is 11.6 Å². The zero-order valence-electron chi connectivity index (χ0n) is 10.2. The second kappa shape index (κ2) is 6.91. The molecule has 4 heteroatoms. The zero-order valence-corrected chi connectivity index (χ0v) is 10.2. The number of carbonyl (C=O) groups is 1. The van der Waals surface area contributed by atoms with Crippen molar-refractivity contribution in [1.29, 1.82) is 0 Å².